The minimum atomic E-state index is -0.404. The molecule has 1 aromatic carbocycles. The van der Waals surface area contributed by atoms with Gasteiger partial charge in [-0.05, 0) is 19.1 Å². The largest absolute Gasteiger partial charge is 0.487 e. The first-order valence-corrected chi connectivity index (χ1v) is 6.40. The molecule has 0 saturated heterocycles. The maximum absolute atomic E-state index is 11.8. The molecule has 0 aliphatic heterocycles. The second kappa shape index (κ2) is 5.78. The minimum Gasteiger partial charge on any atom is -0.487 e. The van der Waals surface area contributed by atoms with Crippen molar-refractivity contribution in [2.45, 2.75) is 13.5 Å². The van der Waals surface area contributed by atoms with Crippen molar-refractivity contribution < 1.29 is 9.53 Å². The third-order valence-electron chi connectivity index (χ3n) is 3.25. The van der Waals surface area contributed by atoms with Crippen LogP contribution < -0.4 is 16.0 Å². The van der Waals surface area contributed by atoms with E-state index in [1.807, 2.05) is 0 Å². The number of rotatable bonds is 4. The molecule has 0 fully saturated rings. The number of ketones is 1. The van der Waals surface area contributed by atoms with E-state index in [1.54, 1.807) is 31.3 Å². The Morgan fingerprint density at radius 2 is 1.86 bits per heavy atom. The fourth-order valence-corrected chi connectivity index (χ4v) is 1.88. The third-order valence-corrected chi connectivity index (χ3v) is 3.25. The number of hydrogen-bond donors (Lipinski definition) is 0. The van der Waals surface area contributed by atoms with E-state index in [2.05, 4.69) is 0 Å². The quantitative estimate of drug-likeness (QED) is 0.783. The molecule has 6 nitrogen and oxygen atoms in total. The summed E-state index contributed by atoms with van der Waals surface area (Å²) in [6, 6.07) is 8.11. The number of carbonyl (C=O) groups excluding carboxylic acids is 1. The van der Waals surface area contributed by atoms with Crippen LogP contribution in [0.5, 0.6) is 5.75 Å². The molecular formula is C15H16N2O4. The molecule has 21 heavy (non-hydrogen) atoms. The molecule has 0 saturated carbocycles. The van der Waals surface area contributed by atoms with Crippen molar-refractivity contribution in [3.63, 3.8) is 0 Å². The molecule has 0 aliphatic carbocycles. The lowest BCUT2D eigenvalue weighted by molar-refractivity contribution is 0.101. The van der Waals surface area contributed by atoms with Crippen molar-refractivity contribution in [1.82, 2.24) is 9.13 Å². The van der Waals surface area contributed by atoms with Gasteiger partial charge in [-0.15, -0.1) is 0 Å². The monoisotopic (exact) mass is 288 g/mol. The molecule has 0 atom stereocenters. The summed E-state index contributed by atoms with van der Waals surface area (Å²) in [6.07, 6.45) is 0. The normalized spacial score (nSPS) is 10.4. The van der Waals surface area contributed by atoms with E-state index < -0.39 is 5.69 Å². The van der Waals surface area contributed by atoms with Gasteiger partial charge in [0.25, 0.3) is 5.56 Å². The molecule has 0 radical (unpaired) electrons. The van der Waals surface area contributed by atoms with Crippen molar-refractivity contribution in [2.24, 2.45) is 14.1 Å². The van der Waals surface area contributed by atoms with Crippen LogP contribution in [0.4, 0.5) is 0 Å². The standard InChI is InChI=1S/C15H16N2O4/c1-10(18)11-5-4-6-13(7-11)21-9-12-8-14(19)17(3)15(20)16(12)2/h4-8H,9H2,1-3H3. The van der Waals surface area contributed by atoms with E-state index in [0.717, 1.165) is 4.57 Å². The number of benzene rings is 1. The lowest BCUT2D eigenvalue weighted by Gasteiger charge is -2.11. The van der Waals surface area contributed by atoms with E-state index in [-0.39, 0.29) is 17.9 Å². The number of nitrogens with zero attached hydrogens (tertiary/aromatic N) is 2. The molecule has 0 aliphatic rings. The van der Waals surface area contributed by atoms with Gasteiger partial charge >= 0.3 is 5.69 Å². The molecule has 0 unspecified atom stereocenters. The van der Waals surface area contributed by atoms with Crippen molar-refractivity contribution in [3.05, 3.63) is 62.4 Å². The van der Waals surface area contributed by atoms with E-state index in [4.69, 9.17) is 4.74 Å². The van der Waals surface area contributed by atoms with Gasteiger partial charge in [0.2, 0.25) is 0 Å². The smallest absolute Gasteiger partial charge is 0.330 e. The van der Waals surface area contributed by atoms with Crippen LogP contribution in [-0.2, 0) is 20.7 Å². The van der Waals surface area contributed by atoms with Gasteiger partial charge in [-0.2, -0.15) is 0 Å². The average molecular weight is 288 g/mol. The average Bonchev–Trinajstić information content (AvgIpc) is 2.47. The summed E-state index contributed by atoms with van der Waals surface area (Å²) < 4.78 is 7.94. The summed E-state index contributed by atoms with van der Waals surface area (Å²) in [7, 11) is 3.00. The van der Waals surface area contributed by atoms with Gasteiger partial charge in [-0.25, -0.2) is 4.79 Å². The first kappa shape index (κ1) is 14.8. The minimum absolute atomic E-state index is 0.0542. The first-order valence-electron chi connectivity index (χ1n) is 6.40. The highest BCUT2D eigenvalue weighted by atomic mass is 16.5. The van der Waals surface area contributed by atoms with Crippen LogP contribution in [0, 0.1) is 0 Å². The maximum atomic E-state index is 11.8. The Kier molecular flexibility index (Phi) is 4.07. The maximum Gasteiger partial charge on any atom is 0.330 e. The highest BCUT2D eigenvalue weighted by Crippen LogP contribution is 2.15. The summed E-state index contributed by atoms with van der Waals surface area (Å²) >= 11 is 0. The zero-order chi connectivity index (χ0) is 15.6. The van der Waals surface area contributed by atoms with Crippen LogP contribution in [0.25, 0.3) is 0 Å². The molecule has 2 aromatic rings. The molecule has 1 heterocycles. The third kappa shape index (κ3) is 3.10. The zero-order valence-electron chi connectivity index (χ0n) is 12.1. The topological polar surface area (TPSA) is 70.3 Å². The van der Waals surface area contributed by atoms with Gasteiger partial charge in [-0.1, -0.05) is 12.1 Å². The number of Topliss-reactive ketones (excluding diaryl/α,β-unsaturated/α-hetero) is 1. The fourth-order valence-electron chi connectivity index (χ4n) is 1.88. The SMILES string of the molecule is CC(=O)c1cccc(OCc2cc(=O)n(C)c(=O)n2C)c1. The zero-order valence-corrected chi connectivity index (χ0v) is 12.1. The van der Waals surface area contributed by atoms with Gasteiger partial charge in [0.1, 0.15) is 12.4 Å². The van der Waals surface area contributed by atoms with E-state index in [1.165, 1.54) is 24.6 Å². The van der Waals surface area contributed by atoms with Crippen molar-refractivity contribution in [3.8, 4) is 5.75 Å². The van der Waals surface area contributed by atoms with Gasteiger partial charge in [0.05, 0.1) is 5.69 Å². The molecule has 0 spiro atoms. The number of aromatic nitrogens is 2. The Labute approximate surface area is 121 Å². The molecule has 110 valence electrons. The van der Waals surface area contributed by atoms with E-state index in [0.29, 0.717) is 17.0 Å². The number of carbonyl (C=O) groups is 1. The highest BCUT2D eigenvalue weighted by molar-refractivity contribution is 5.94. The highest BCUT2D eigenvalue weighted by Gasteiger charge is 2.07. The van der Waals surface area contributed by atoms with Gasteiger partial charge in [-0.3, -0.25) is 18.7 Å². The van der Waals surface area contributed by atoms with Gasteiger partial charge in [0, 0.05) is 25.7 Å². The summed E-state index contributed by atoms with van der Waals surface area (Å²) in [5, 5.41) is 0. The van der Waals surface area contributed by atoms with Crippen LogP contribution in [0.1, 0.15) is 23.0 Å². The molecule has 1 aromatic heterocycles. The van der Waals surface area contributed by atoms with Crippen LogP contribution in [0.2, 0.25) is 0 Å². The van der Waals surface area contributed by atoms with Crippen molar-refractivity contribution >= 4 is 5.78 Å². The predicted molar refractivity (Wildman–Crippen MR) is 77.7 cm³/mol. The second-order valence-electron chi connectivity index (χ2n) is 4.75. The predicted octanol–water partition coefficient (Wildman–Crippen LogP) is 0.866. The molecule has 0 N–H and O–H groups in total. The fraction of sp³-hybridized carbons (Fsp3) is 0.267. The Bertz CT molecular complexity index is 802. The molecule has 0 amide bonds. The first-order chi connectivity index (χ1) is 9.90. The second-order valence-corrected chi connectivity index (χ2v) is 4.75. The lowest BCUT2D eigenvalue weighted by atomic mass is 10.1. The van der Waals surface area contributed by atoms with Crippen LogP contribution >= 0.6 is 0 Å². The van der Waals surface area contributed by atoms with E-state index in [9.17, 15) is 14.4 Å². The molecule has 2 rings (SSSR count). The number of hydrogen-bond acceptors (Lipinski definition) is 4. The summed E-state index contributed by atoms with van der Waals surface area (Å²) in [5.74, 6) is 0.456. The summed E-state index contributed by atoms with van der Waals surface area (Å²) in [5.41, 5.74) is 0.231. The Morgan fingerprint density at radius 3 is 2.52 bits per heavy atom. The Morgan fingerprint density at radius 1 is 1.14 bits per heavy atom. The summed E-state index contributed by atoms with van der Waals surface area (Å²) in [6.45, 7) is 1.55. The van der Waals surface area contributed by atoms with Crippen molar-refractivity contribution in [1.29, 1.82) is 0 Å². The summed E-state index contributed by atoms with van der Waals surface area (Å²) in [4.78, 5) is 34.7. The van der Waals surface area contributed by atoms with Crippen LogP contribution in [0.3, 0.4) is 0 Å². The molecule has 6 heteroatoms. The van der Waals surface area contributed by atoms with E-state index >= 15 is 0 Å². The van der Waals surface area contributed by atoms with Crippen LogP contribution in [0.15, 0.2) is 39.9 Å². The molecule has 0 bridgehead atoms. The van der Waals surface area contributed by atoms with Gasteiger partial charge < -0.3 is 4.74 Å². The van der Waals surface area contributed by atoms with Crippen LogP contribution in [-0.4, -0.2) is 14.9 Å². The number of ether oxygens (including phenoxy) is 1. The Hall–Kier alpha value is -2.63. The molecular weight excluding hydrogens is 272 g/mol. The van der Waals surface area contributed by atoms with Gasteiger partial charge in [0.15, 0.2) is 5.78 Å². The Balaban J connectivity index is 2.25. The lowest BCUT2D eigenvalue weighted by Crippen LogP contribution is -2.38. The van der Waals surface area contributed by atoms with Crippen molar-refractivity contribution in [2.75, 3.05) is 0 Å².